The van der Waals surface area contributed by atoms with Gasteiger partial charge in [-0.3, -0.25) is 9.36 Å². The lowest BCUT2D eigenvalue weighted by Gasteiger charge is -2.19. The van der Waals surface area contributed by atoms with E-state index < -0.39 is 0 Å². The Bertz CT molecular complexity index is 1510. The number of aromatic amines is 1. The summed E-state index contributed by atoms with van der Waals surface area (Å²) in [7, 11) is 3.76. The number of nitrogens with one attached hydrogen (secondary N) is 1. The predicted octanol–water partition coefficient (Wildman–Crippen LogP) is 4.74. The number of H-pyrrole nitrogens is 1. The van der Waals surface area contributed by atoms with Gasteiger partial charge in [0.25, 0.3) is 0 Å². The molecule has 0 unspecified atom stereocenters. The fourth-order valence-corrected chi connectivity index (χ4v) is 5.61. The molecular formula is C26H23N7OS. The van der Waals surface area contributed by atoms with Crippen molar-refractivity contribution in [2.24, 2.45) is 0 Å². The van der Waals surface area contributed by atoms with Gasteiger partial charge in [0.1, 0.15) is 17.5 Å². The van der Waals surface area contributed by atoms with Crippen LogP contribution in [0.15, 0.2) is 71.3 Å². The topological polar surface area (TPSA) is 93.8 Å². The minimum atomic E-state index is -0.224. The van der Waals surface area contributed by atoms with Gasteiger partial charge in [0, 0.05) is 42.8 Å². The first-order chi connectivity index (χ1) is 17.1. The highest BCUT2D eigenvalue weighted by Gasteiger charge is 2.33. The number of carbonyl (C=O) groups is 1. The van der Waals surface area contributed by atoms with Gasteiger partial charge in [-0.05, 0) is 31.0 Å². The summed E-state index contributed by atoms with van der Waals surface area (Å²) in [4.78, 5) is 20.4. The molecule has 0 atom stereocenters. The highest BCUT2D eigenvalue weighted by atomic mass is 32.2. The molecule has 4 aromatic rings. The number of nitrogens with zero attached hydrogens (tertiary/aromatic N) is 6. The number of hydrogen-bond donors (Lipinski definition) is 1. The van der Waals surface area contributed by atoms with E-state index in [9.17, 15) is 10.1 Å². The molecule has 3 heterocycles. The van der Waals surface area contributed by atoms with Crippen molar-refractivity contribution in [3.63, 3.8) is 0 Å². The van der Waals surface area contributed by atoms with E-state index in [4.69, 9.17) is 0 Å². The Kier molecular flexibility index (Phi) is 5.11. The van der Waals surface area contributed by atoms with Gasteiger partial charge in [0.2, 0.25) is 0 Å². The zero-order chi connectivity index (χ0) is 24.1. The Balaban J connectivity index is 1.29. The Morgan fingerprint density at radius 3 is 2.46 bits per heavy atom. The van der Waals surface area contributed by atoms with Gasteiger partial charge in [0.05, 0.1) is 17.1 Å². The maximum absolute atomic E-state index is 13.3. The summed E-state index contributed by atoms with van der Waals surface area (Å²) in [5.74, 6) is 1.30. The van der Waals surface area contributed by atoms with Crippen molar-refractivity contribution >= 4 is 39.8 Å². The normalized spacial score (nSPS) is 14.9. The van der Waals surface area contributed by atoms with Gasteiger partial charge < -0.3 is 14.8 Å². The van der Waals surface area contributed by atoms with Crippen LogP contribution in [-0.4, -0.2) is 45.4 Å². The van der Waals surface area contributed by atoms with Crippen molar-refractivity contribution in [3.8, 4) is 17.5 Å². The molecule has 35 heavy (non-hydrogen) atoms. The second kappa shape index (κ2) is 8.32. The van der Waals surface area contributed by atoms with E-state index in [1.807, 2.05) is 72.6 Å². The van der Waals surface area contributed by atoms with Crippen LogP contribution in [0.3, 0.4) is 0 Å². The second-order valence-corrected chi connectivity index (χ2v) is 9.73. The van der Waals surface area contributed by atoms with Crippen LogP contribution in [0.4, 0.5) is 11.4 Å². The summed E-state index contributed by atoms with van der Waals surface area (Å²) in [6.07, 6.45) is 4.10. The highest BCUT2D eigenvalue weighted by Crippen LogP contribution is 2.43. The highest BCUT2D eigenvalue weighted by molar-refractivity contribution is 7.99. The zero-order valence-electron chi connectivity index (χ0n) is 19.4. The predicted molar refractivity (Wildman–Crippen MR) is 137 cm³/mol. The van der Waals surface area contributed by atoms with Crippen LogP contribution in [0.5, 0.6) is 0 Å². The van der Waals surface area contributed by atoms with Crippen LogP contribution < -0.4 is 9.80 Å². The summed E-state index contributed by atoms with van der Waals surface area (Å²) < 4.78 is 2.15. The number of carbonyl (C=O) groups excluding carboxylic acids is 1. The monoisotopic (exact) mass is 481 g/mol. The number of Topliss-reactive ketones (excluding diaryl/α,β-unsaturated/α-hetero) is 1. The number of allylic oxidation sites excluding steroid dienone is 1. The van der Waals surface area contributed by atoms with E-state index in [0.29, 0.717) is 17.0 Å². The van der Waals surface area contributed by atoms with E-state index in [2.05, 4.69) is 31.9 Å². The number of para-hydroxylation sites is 3. The lowest BCUT2D eigenvalue weighted by Crippen LogP contribution is -2.26. The van der Waals surface area contributed by atoms with Gasteiger partial charge in [-0.25, -0.2) is 0 Å². The van der Waals surface area contributed by atoms with Crippen molar-refractivity contribution in [2.75, 3.05) is 29.6 Å². The standard InChI is InChI=1S/C26H23N7OS/c1-31-21-9-5-6-10-22(21)32(2)25(31)18(13-27)23(34)15-35-26-30-29-24(33(26)16-11-12-16)19-14-28-20-8-4-3-7-17(19)20/h3-10,14,16,28H,11-12,15H2,1-2H3. The Labute approximate surface area is 206 Å². The maximum atomic E-state index is 13.3. The van der Waals surface area contributed by atoms with Gasteiger partial charge in [-0.2, -0.15) is 5.26 Å². The Hall–Kier alpha value is -4.03. The largest absolute Gasteiger partial charge is 0.360 e. The smallest absolute Gasteiger partial charge is 0.192 e. The molecule has 1 aliphatic heterocycles. The average Bonchev–Trinajstić information content (AvgIpc) is 3.41. The first-order valence-electron chi connectivity index (χ1n) is 11.5. The van der Waals surface area contributed by atoms with Gasteiger partial charge in [0.15, 0.2) is 16.8 Å². The molecule has 1 N–H and O–H groups in total. The summed E-state index contributed by atoms with van der Waals surface area (Å²) in [6, 6.07) is 18.5. The minimum absolute atomic E-state index is 0.114. The molecule has 174 valence electrons. The number of thioether (sulfide) groups is 1. The quantitative estimate of drug-likeness (QED) is 0.241. The molecule has 2 aromatic heterocycles. The van der Waals surface area contributed by atoms with E-state index in [1.54, 1.807) is 0 Å². The lowest BCUT2D eigenvalue weighted by molar-refractivity contribution is -0.112. The van der Waals surface area contributed by atoms with Crippen molar-refractivity contribution < 1.29 is 4.79 Å². The third-order valence-corrected chi connectivity index (χ3v) is 7.54. The molecule has 0 spiro atoms. The van der Waals surface area contributed by atoms with Crippen molar-refractivity contribution in [3.05, 3.63) is 66.1 Å². The summed E-state index contributed by atoms with van der Waals surface area (Å²) in [5.41, 5.74) is 4.14. The third kappa shape index (κ3) is 3.49. The van der Waals surface area contributed by atoms with E-state index in [1.165, 1.54) is 11.8 Å². The number of benzene rings is 2. The molecule has 0 saturated heterocycles. The second-order valence-electron chi connectivity index (χ2n) is 8.78. The van der Waals surface area contributed by atoms with Crippen LogP contribution in [-0.2, 0) is 4.79 Å². The first-order valence-corrected chi connectivity index (χ1v) is 12.4. The number of ketones is 1. The fourth-order valence-electron chi connectivity index (χ4n) is 4.74. The SMILES string of the molecule is CN1C(=C(C#N)C(=O)CSc2nnc(-c3c[nH]c4ccccc34)n2C2CC2)N(C)c2ccccc21. The molecule has 1 fully saturated rings. The molecule has 1 saturated carbocycles. The Morgan fingerprint density at radius 1 is 1.09 bits per heavy atom. The molecule has 0 amide bonds. The minimum Gasteiger partial charge on any atom is -0.360 e. The molecule has 6 rings (SSSR count). The molecule has 1 aliphatic carbocycles. The van der Waals surface area contributed by atoms with Crippen LogP contribution in [0, 0.1) is 11.3 Å². The zero-order valence-corrected chi connectivity index (χ0v) is 20.2. The van der Waals surface area contributed by atoms with Crippen molar-refractivity contribution in [1.82, 2.24) is 19.7 Å². The number of rotatable bonds is 6. The molecule has 8 nitrogen and oxygen atoms in total. The number of aromatic nitrogens is 4. The summed E-state index contributed by atoms with van der Waals surface area (Å²) in [6.45, 7) is 0. The number of anilines is 2. The molecule has 2 aliphatic rings. The number of nitriles is 1. The van der Waals surface area contributed by atoms with Crippen LogP contribution in [0.2, 0.25) is 0 Å². The van der Waals surface area contributed by atoms with Gasteiger partial charge in [-0.15, -0.1) is 10.2 Å². The van der Waals surface area contributed by atoms with Crippen molar-refractivity contribution in [2.45, 2.75) is 24.0 Å². The van der Waals surface area contributed by atoms with Crippen LogP contribution >= 0.6 is 11.8 Å². The lowest BCUT2D eigenvalue weighted by atomic mass is 10.1. The third-order valence-electron chi connectivity index (χ3n) is 6.59. The maximum Gasteiger partial charge on any atom is 0.192 e. The van der Waals surface area contributed by atoms with Gasteiger partial charge in [-0.1, -0.05) is 42.1 Å². The van der Waals surface area contributed by atoms with Crippen LogP contribution in [0.1, 0.15) is 18.9 Å². The fraction of sp³-hybridized carbons (Fsp3) is 0.231. The van der Waals surface area contributed by atoms with Crippen molar-refractivity contribution in [1.29, 1.82) is 5.26 Å². The van der Waals surface area contributed by atoms with Gasteiger partial charge >= 0.3 is 0 Å². The summed E-state index contributed by atoms with van der Waals surface area (Å²) >= 11 is 1.34. The molecule has 9 heteroatoms. The van der Waals surface area contributed by atoms with E-state index >= 15 is 0 Å². The molecule has 0 radical (unpaired) electrons. The molecule has 0 bridgehead atoms. The first kappa shape index (κ1) is 21.5. The molecule has 2 aromatic carbocycles. The average molecular weight is 482 g/mol. The number of fused-ring (bicyclic) bond motifs is 2. The van der Waals surface area contributed by atoms with E-state index in [0.717, 1.165) is 46.5 Å². The Morgan fingerprint density at radius 2 is 1.77 bits per heavy atom. The van der Waals surface area contributed by atoms with Crippen LogP contribution in [0.25, 0.3) is 22.3 Å². The summed E-state index contributed by atoms with van der Waals surface area (Å²) in [5, 5.41) is 20.7. The molecular weight excluding hydrogens is 458 g/mol. The van der Waals surface area contributed by atoms with E-state index in [-0.39, 0.29) is 17.1 Å². The number of hydrogen-bond acceptors (Lipinski definition) is 7.